The molecule has 0 aliphatic carbocycles. The number of halogens is 1. The third-order valence-corrected chi connectivity index (χ3v) is 2.40. The predicted molar refractivity (Wildman–Crippen MR) is 65.8 cm³/mol. The summed E-state index contributed by atoms with van der Waals surface area (Å²) in [7, 11) is 0. The Morgan fingerprint density at radius 1 is 1.18 bits per heavy atom. The van der Waals surface area contributed by atoms with E-state index in [2.05, 4.69) is 0 Å². The second-order valence-electron chi connectivity index (χ2n) is 3.38. The number of hydrogen-bond acceptors (Lipinski definition) is 2. The largest absolute Gasteiger partial charge is 0.478 e. The molecule has 1 heterocycles. The van der Waals surface area contributed by atoms with Gasteiger partial charge in [0.25, 0.3) is 0 Å². The van der Waals surface area contributed by atoms with Gasteiger partial charge in [0.15, 0.2) is 0 Å². The zero-order chi connectivity index (χ0) is 12.3. The first-order valence-corrected chi connectivity index (χ1v) is 5.30. The van der Waals surface area contributed by atoms with Crippen LogP contribution in [0.15, 0.2) is 46.9 Å². The molecule has 0 amide bonds. The second kappa shape index (κ2) is 4.89. The number of carbonyl (C=O) groups is 1. The number of aliphatic carboxylic acids is 1. The summed E-state index contributed by atoms with van der Waals surface area (Å²) in [6, 6.07) is 10.7. The molecule has 1 aromatic heterocycles. The monoisotopic (exact) mass is 248 g/mol. The van der Waals surface area contributed by atoms with Crippen molar-refractivity contribution in [2.45, 2.75) is 0 Å². The van der Waals surface area contributed by atoms with Crippen molar-refractivity contribution < 1.29 is 14.3 Å². The van der Waals surface area contributed by atoms with Gasteiger partial charge in [-0.05, 0) is 42.5 Å². The first kappa shape index (κ1) is 11.5. The number of carboxylic acids is 1. The fraction of sp³-hybridized carbons (Fsp3) is 0. The molecule has 0 fully saturated rings. The van der Waals surface area contributed by atoms with Crippen LogP contribution in [0.1, 0.15) is 5.76 Å². The highest BCUT2D eigenvalue weighted by atomic mass is 35.5. The molecule has 0 saturated carbocycles. The standard InChI is InChI=1S/C13H9ClO3/c14-10-3-1-9(2-4-10)12-7-5-11(17-12)6-8-13(15)16/h1-8H,(H,15,16)/b8-6+. The van der Waals surface area contributed by atoms with Crippen molar-refractivity contribution in [1.82, 2.24) is 0 Å². The minimum absolute atomic E-state index is 0.498. The predicted octanol–water partition coefficient (Wildman–Crippen LogP) is 3.70. The first-order valence-electron chi connectivity index (χ1n) is 4.92. The van der Waals surface area contributed by atoms with Gasteiger partial charge in [0, 0.05) is 16.7 Å². The molecule has 2 aromatic rings. The summed E-state index contributed by atoms with van der Waals surface area (Å²) in [6.45, 7) is 0. The number of hydrogen-bond donors (Lipinski definition) is 1. The van der Waals surface area contributed by atoms with Crippen LogP contribution in [-0.4, -0.2) is 11.1 Å². The van der Waals surface area contributed by atoms with E-state index >= 15 is 0 Å². The van der Waals surface area contributed by atoms with E-state index < -0.39 is 5.97 Å². The Labute approximate surface area is 103 Å². The van der Waals surface area contributed by atoms with Crippen molar-refractivity contribution in [1.29, 1.82) is 0 Å². The van der Waals surface area contributed by atoms with E-state index in [9.17, 15) is 4.79 Å². The van der Waals surface area contributed by atoms with Gasteiger partial charge < -0.3 is 9.52 Å². The zero-order valence-electron chi connectivity index (χ0n) is 8.76. The van der Waals surface area contributed by atoms with Crippen molar-refractivity contribution >= 4 is 23.6 Å². The fourth-order valence-electron chi connectivity index (χ4n) is 1.37. The highest BCUT2D eigenvalue weighted by Gasteiger charge is 2.03. The minimum atomic E-state index is -1.01. The van der Waals surface area contributed by atoms with Crippen molar-refractivity contribution in [2.24, 2.45) is 0 Å². The Kier molecular flexibility index (Phi) is 3.30. The summed E-state index contributed by atoms with van der Waals surface area (Å²) in [5.41, 5.74) is 0.893. The van der Waals surface area contributed by atoms with E-state index in [1.165, 1.54) is 6.08 Å². The molecule has 0 spiro atoms. The lowest BCUT2D eigenvalue weighted by Crippen LogP contribution is -1.84. The molecule has 4 heteroatoms. The Morgan fingerprint density at radius 3 is 2.53 bits per heavy atom. The number of carboxylic acid groups (broad SMARTS) is 1. The molecule has 0 atom stereocenters. The number of benzene rings is 1. The van der Waals surface area contributed by atoms with Gasteiger partial charge in [0.1, 0.15) is 11.5 Å². The van der Waals surface area contributed by atoms with Gasteiger partial charge in [0.05, 0.1) is 0 Å². The topological polar surface area (TPSA) is 50.4 Å². The van der Waals surface area contributed by atoms with Crippen molar-refractivity contribution in [2.75, 3.05) is 0 Å². The summed E-state index contributed by atoms with van der Waals surface area (Å²) >= 11 is 5.78. The molecule has 1 N–H and O–H groups in total. The summed E-state index contributed by atoms with van der Waals surface area (Å²) in [5, 5.41) is 9.14. The molecular weight excluding hydrogens is 240 g/mol. The molecule has 0 radical (unpaired) electrons. The lowest BCUT2D eigenvalue weighted by molar-refractivity contribution is -0.131. The third-order valence-electron chi connectivity index (χ3n) is 2.15. The van der Waals surface area contributed by atoms with E-state index in [-0.39, 0.29) is 0 Å². The normalized spacial score (nSPS) is 10.9. The summed E-state index contributed by atoms with van der Waals surface area (Å²) in [6.07, 6.45) is 2.44. The molecule has 0 saturated heterocycles. The van der Waals surface area contributed by atoms with Gasteiger partial charge in [-0.3, -0.25) is 0 Å². The Balaban J connectivity index is 2.23. The first-order chi connectivity index (χ1) is 8.15. The molecule has 0 unspecified atom stereocenters. The van der Waals surface area contributed by atoms with Crippen LogP contribution in [0.5, 0.6) is 0 Å². The summed E-state index contributed by atoms with van der Waals surface area (Å²) < 4.78 is 5.47. The van der Waals surface area contributed by atoms with Gasteiger partial charge in [-0.2, -0.15) is 0 Å². The molecule has 0 aliphatic heterocycles. The SMILES string of the molecule is O=C(O)/C=C/c1ccc(-c2ccc(Cl)cc2)o1. The maximum Gasteiger partial charge on any atom is 0.328 e. The van der Waals surface area contributed by atoms with E-state index in [4.69, 9.17) is 21.1 Å². The van der Waals surface area contributed by atoms with Gasteiger partial charge in [-0.1, -0.05) is 11.6 Å². The fourth-order valence-corrected chi connectivity index (χ4v) is 1.49. The maximum absolute atomic E-state index is 10.3. The molecule has 1 aromatic carbocycles. The number of rotatable bonds is 3. The zero-order valence-corrected chi connectivity index (χ0v) is 9.52. The molecular formula is C13H9ClO3. The Hall–Kier alpha value is -2.00. The number of furan rings is 1. The van der Waals surface area contributed by atoms with E-state index in [0.717, 1.165) is 11.6 Å². The molecule has 2 rings (SSSR count). The molecule has 86 valence electrons. The third kappa shape index (κ3) is 2.98. The molecule has 0 aliphatic rings. The van der Waals surface area contributed by atoms with E-state index in [1.54, 1.807) is 24.3 Å². The second-order valence-corrected chi connectivity index (χ2v) is 3.82. The molecule has 17 heavy (non-hydrogen) atoms. The van der Waals surface area contributed by atoms with Crippen molar-refractivity contribution in [3.8, 4) is 11.3 Å². The molecule has 3 nitrogen and oxygen atoms in total. The van der Waals surface area contributed by atoms with Crippen molar-refractivity contribution in [3.05, 3.63) is 53.3 Å². The minimum Gasteiger partial charge on any atom is -0.478 e. The lowest BCUT2D eigenvalue weighted by atomic mass is 10.2. The summed E-state index contributed by atoms with van der Waals surface area (Å²) in [4.78, 5) is 10.3. The van der Waals surface area contributed by atoms with E-state index in [1.807, 2.05) is 12.1 Å². The lowest BCUT2D eigenvalue weighted by Gasteiger charge is -1.96. The molecule has 0 bridgehead atoms. The van der Waals surface area contributed by atoms with Crippen LogP contribution in [0.2, 0.25) is 5.02 Å². The van der Waals surface area contributed by atoms with Crippen LogP contribution in [0.25, 0.3) is 17.4 Å². The smallest absolute Gasteiger partial charge is 0.328 e. The van der Waals surface area contributed by atoms with Crippen LogP contribution < -0.4 is 0 Å². The van der Waals surface area contributed by atoms with E-state index in [0.29, 0.717) is 16.5 Å². The van der Waals surface area contributed by atoms with Crippen LogP contribution in [0.4, 0.5) is 0 Å². The van der Waals surface area contributed by atoms with Gasteiger partial charge >= 0.3 is 5.97 Å². The Bertz CT molecular complexity index is 552. The van der Waals surface area contributed by atoms with Crippen LogP contribution in [0.3, 0.4) is 0 Å². The summed E-state index contributed by atoms with van der Waals surface area (Å²) in [5.74, 6) is 0.165. The van der Waals surface area contributed by atoms with Gasteiger partial charge in [-0.15, -0.1) is 0 Å². The Morgan fingerprint density at radius 2 is 1.88 bits per heavy atom. The van der Waals surface area contributed by atoms with Crippen LogP contribution in [0, 0.1) is 0 Å². The van der Waals surface area contributed by atoms with Gasteiger partial charge in [-0.25, -0.2) is 4.79 Å². The van der Waals surface area contributed by atoms with Crippen LogP contribution >= 0.6 is 11.6 Å². The maximum atomic E-state index is 10.3. The van der Waals surface area contributed by atoms with Gasteiger partial charge in [0.2, 0.25) is 0 Å². The van der Waals surface area contributed by atoms with Crippen LogP contribution in [-0.2, 0) is 4.79 Å². The highest BCUT2D eigenvalue weighted by Crippen LogP contribution is 2.24. The quantitative estimate of drug-likeness (QED) is 0.843. The average molecular weight is 249 g/mol. The highest BCUT2D eigenvalue weighted by molar-refractivity contribution is 6.30. The van der Waals surface area contributed by atoms with Crippen molar-refractivity contribution in [3.63, 3.8) is 0 Å². The average Bonchev–Trinajstić information content (AvgIpc) is 2.76.